The van der Waals surface area contributed by atoms with Crippen molar-refractivity contribution in [2.24, 2.45) is 0 Å². The van der Waals surface area contributed by atoms with Crippen LogP contribution in [0.4, 0.5) is 5.69 Å². The van der Waals surface area contributed by atoms with Crippen LogP contribution in [0.25, 0.3) is 0 Å². The maximum Gasteiger partial charge on any atom is 0.241 e. The molecule has 1 N–H and O–H groups in total. The molecule has 104 valence electrons. The molecular weight excluding hydrogens is 258 g/mol. The predicted octanol–water partition coefficient (Wildman–Crippen LogP) is 2.02. The largest absolute Gasteiger partial charge is 0.347 e. The molecule has 19 heavy (non-hydrogen) atoms. The zero-order chi connectivity index (χ0) is 14.6. The number of amides is 1. The molecule has 1 rings (SSSR count). The Morgan fingerprint density at radius 2 is 1.89 bits per heavy atom. The Labute approximate surface area is 120 Å². The van der Waals surface area contributed by atoms with Crippen molar-refractivity contribution in [3.63, 3.8) is 0 Å². The first kappa shape index (κ1) is 15.4. The van der Waals surface area contributed by atoms with Gasteiger partial charge in [-0.05, 0) is 43.3 Å². The summed E-state index contributed by atoms with van der Waals surface area (Å²) in [5.74, 6) is 0.0209. The number of hydrogen-bond acceptors (Lipinski definition) is 2. The summed E-state index contributed by atoms with van der Waals surface area (Å²) in [5.41, 5.74) is 3.35. The van der Waals surface area contributed by atoms with Gasteiger partial charge in [-0.2, -0.15) is 0 Å². The molecule has 0 aromatic heterocycles. The molecule has 1 aromatic rings. The van der Waals surface area contributed by atoms with E-state index in [-0.39, 0.29) is 12.5 Å². The fourth-order valence-electron chi connectivity index (χ4n) is 1.51. The SMILES string of the molecule is Cc1cccc(NC(=S)N(C)CC(=O)N(C)C)c1C. The first-order valence-electron chi connectivity index (χ1n) is 6.11. The van der Waals surface area contributed by atoms with Gasteiger partial charge in [0.25, 0.3) is 0 Å². The third-order valence-electron chi connectivity index (χ3n) is 3.06. The number of nitrogens with zero attached hydrogens (tertiary/aromatic N) is 2. The Kier molecular flexibility index (Phi) is 5.30. The van der Waals surface area contributed by atoms with Crippen molar-refractivity contribution in [1.82, 2.24) is 9.80 Å². The van der Waals surface area contributed by atoms with Crippen LogP contribution >= 0.6 is 12.2 Å². The van der Waals surface area contributed by atoms with Crippen molar-refractivity contribution in [2.45, 2.75) is 13.8 Å². The fourth-order valence-corrected chi connectivity index (χ4v) is 1.69. The first-order valence-corrected chi connectivity index (χ1v) is 6.52. The molecule has 0 radical (unpaired) electrons. The molecule has 4 nitrogen and oxygen atoms in total. The van der Waals surface area contributed by atoms with Crippen LogP contribution in [0, 0.1) is 13.8 Å². The standard InChI is InChI=1S/C14H21N3OS/c1-10-7-6-8-12(11(10)2)15-14(19)17(5)9-13(18)16(3)4/h6-8H,9H2,1-5H3,(H,15,19). The average molecular weight is 279 g/mol. The highest BCUT2D eigenvalue weighted by atomic mass is 32.1. The van der Waals surface area contributed by atoms with E-state index in [4.69, 9.17) is 12.2 Å². The van der Waals surface area contributed by atoms with Gasteiger partial charge in [0.2, 0.25) is 5.91 Å². The summed E-state index contributed by atoms with van der Waals surface area (Å²) in [7, 11) is 5.27. The summed E-state index contributed by atoms with van der Waals surface area (Å²) in [6.07, 6.45) is 0. The number of rotatable bonds is 3. The number of likely N-dealkylation sites (N-methyl/N-ethyl adjacent to an activating group) is 2. The Hall–Kier alpha value is -1.62. The smallest absolute Gasteiger partial charge is 0.241 e. The number of benzene rings is 1. The van der Waals surface area contributed by atoms with Crippen molar-refractivity contribution in [1.29, 1.82) is 0 Å². The summed E-state index contributed by atoms with van der Waals surface area (Å²) in [5, 5.41) is 3.73. The van der Waals surface area contributed by atoms with Gasteiger partial charge in [-0.1, -0.05) is 12.1 Å². The normalized spacial score (nSPS) is 9.95. The molecule has 5 heteroatoms. The van der Waals surface area contributed by atoms with Crippen LogP contribution in [0.5, 0.6) is 0 Å². The van der Waals surface area contributed by atoms with Crippen LogP contribution in [-0.4, -0.2) is 48.5 Å². The molecule has 0 bridgehead atoms. The lowest BCUT2D eigenvalue weighted by atomic mass is 10.1. The monoisotopic (exact) mass is 279 g/mol. The van der Waals surface area contributed by atoms with Gasteiger partial charge in [0.05, 0.1) is 6.54 Å². The summed E-state index contributed by atoms with van der Waals surface area (Å²) in [6.45, 7) is 4.37. The van der Waals surface area contributed by atoms with Crippen molar-refractivity contribution >= 4 is 28.9 Å². The van der Waals surface area contributed by atoms with Crippen molar-refractivity contribution < 1.29 is 4.79 Å². The second-order valence-corrected chi connectivity index (χ2v) is 5.21. The number of anilines is 1. The second-order valence-electron chi connectivity index (χ2n) is 4.82. The number of carbonyl (C=O) groups is 1. The first-order chi connectivity index (χ1) is 8.82. The lowest BCUT2D eigenvalue weighted by molar-refractivity contribution is -0.128. The quantitative estimate of drug-likeness (QED) is 0.859. The number of hydrogen-bond donors (Lipinski definition) is 1. The van der Waals surface area contributed by atoms with E-state index in [0.29, 0.717) is 5.11 Å². The lowest BCUT2D eigenvalue weighted by Gasteiger charge is -2.23. The van der Waals surface area contributed by atoms with Gasteiger partial charge < -0.3 is 15.1 Å². The summed E-state index contributed by atoms with van der Waals surface area (Å²) < 4.78 is 0. The second kappa shape index (κ2) is 6.52. The van der Waals surface area contributed by atoms with Crippen LogP contribution in [0.1, 0.15) is 11.1 Å². The van der Waals surface area contributed by atoms with Crippen molar-refractivity contribution in [2.75, 3.05) is 33.0 Å². The predicted molar refractivity (Wildman–Crippen MR) is 83.5 cm³/mol. The third kappa shape index (κ3) is 4.21. The van der Waals surface area contributed by atoms with E-state index >= 15 is 0 Å². The highest BCUT2D eigenvalue weighted by Gasteiger charge is 2.12. The van der Waals surface area contributed by atoms with E-state index in [1.54, 1.807) is 23.9 Å². The van der Waals surface area contributed by atoms with Crippen LogP contribution in [0.2, 0.25) is 0 Å². The molecule has 0 saturated carbocycles. The molecule has 0 unspecified atom stereocenters. The molecule has 0 atom stereocenters. The highest BCUT2D eigenvalue weighted by molar-refractivity contribution is 7.80. The third-order valence-corrected chi connectivity index (χ3v) is 3.48. The van der Waals surface area contributed by atoms with E-state index in [1.807, 2.05) is 26.1 Å². The van der Waals surface area contributed by atoms with Crippen LogP contribution < -0.4 is 5.32 Å². The maximum atomic E-state index is 11.6. The Morgan fingerprint density at radius 3 is 2.47 bits per heavy atom. The molecule has 0 heterocycles. The zero-order valence-corrected chi connectivity index (χ0v) is 13.0. The van der Waals surface area contributed by atoms with Crippen LogP contribution in [0.15, 0.2) is 18.2 Å². The Bertz CT molecular complexity index is 486. The van der Waals surface area contributed by atoms with Crippen molar-refractivity contribution in [3.05, 3.63) is 29.3 Å². The van der Waals surface area contributed by atoms with Crippen molar-refractivity contribution in [3.8, 4) is 0 Å². The van der Waals surface area contributed by atoms with Gasteiger partial charge in [-0.15, -0.1) is 0 Å². The van der Waals surface area contributed by atoms with E-state index < -0.39 is 0 Å². The average Bonchev–Trinajstić information content (AvgIpc) is 2.34. The molecule has 0 saturated heterocycles. The summed E-state index contributed by atoms with van der Waals surface area (Å²) in [4.78, 5) is 14.9. The molecule has 0 aliphatic carbocycles. The number of carbonyl (C=O) groups excluding carboxylic acids is 1. The molecule has 0 aliphatic rings. The van der Waals surface area contributed by atoms with Crippen LogP contribution in [-0.2, 0) is 4.79 Å². The van der Waals surface area contributed by atoms with Crippen LogP contribution in [0.3, 0.4) is 0 Å². The minimum Gasteiger partial charge on any atom is -0.347 e. The zero-order valence-electron chi connectivity index (χ0n) is 12.2. The highest BCUT2D eigenvalue weighted by Crippen LogP contribution is 2.18. The molecular formula is C14H21N3OS. The summed E-state index contributed by atoms with van der Waals surface area (Å²) >= 11 is 5.31. The van der Waals surface area contributed by atoms with Gasteiger partial charge >= 0.3 is 0 Å². The van der Waals surface area contributed by atoms with E-state index in [1.165, 1.54) is 5.56 Å². The summed E-state index contributed by atoms with van der Waals surface area (Å²) in [6, 6.07) is 6.03. The Morgan fingerprint density at radius 1 is 1.26 bits per heavy atom. The van der Waals surface area contributed by atoms with Gasteiger partial charge in [-0.25, -0.2) is 0 Å². The van der Waals surface area contributed by atoms with Gasteiger partial charge in [-0.3, -0.25) is 4.79 Å². The molecule has 1 aromatic carbocycles. The fraction of sp³-hybridized carbons (Fsp3) is 0.429. The maximum absolute atomic E-state index is 11.6. The number of thiocarbonyl (C=S) groups is 1. The lowest BCUT2D eigenvalue weighted by Crippen LogP contribution is -2.39. The van der Waals surface area contributed by atoms with E-state index in [9.17, 15) is 4.79 Å². The van der Waals surface area contributed by atoms with Gasteiger partial charge in [0.1, 0.15) is 0 Å². The van der Waals surface area contributed by atoms with E-state index in [2.05, 4.69) is 18.3 Å². The van der Waals surface area contributed by atoms with E-state index in [0.717, 1.165) is 11.3 Å². The molecule has 0 aliphatic heterocycles. The van der Waals surface area contributed by atoms with Gasteiger partial charge in [0, 0.05) is 26.8 Å². The molecule has 0 fully saturated rings. The molecule has 1 amide bonds. The van der Waals surface area contributed by atoms with Gasteiger partial charge in [0.15, 0.2) is 5.11 Å². The topological polar surface area (TPSA) is 35.6 Å². The Balaban J connectivity index is 2.69. The minimum absolute atomic E-state index is 0.0209. The number of nitrogens with one attached hydrogen (secondary N) is 1. The minimum atomic E-state index is 0.0209. The molecule has 0 spiro atoms. The number of aryl methyl sites for hydroxylation is 1.